The lowest BCUT2D eigenvalue weighted by Gasteiger charge is -2.17. The predicted octanol–water partition coefficient (Wildman–Crippen LogP) is 2.00. The topological polar surface area (TPSA) is 73.3 Å². The molecule has 0 radical (unpaired) electrons. The first-order valence-electron chi connectivity index (χ1n) is 6.92. The van der Waals surface area contributed by atoms with Crippen molar-refractivity contribution in [3.05, 3.63) is 28.6 Å². The third kappa shape index (κ3) is 3.27. The van der Waals surface area contributed by atoms with Gasteiger partial charge in [-0.25, -0.2) is 15.0 Å². The van der Waals surface area contributed by atoms with Gasteiger partial charge in [0.15, 0.2) is 0 Å². The molecule has 0 N–H and O–H groups in total. The molecule has 7 nitrogen and oxygen atoms in total. The second-order valence-corrected chi connectivity index (χ2v) is 5.90. The maximum atomic E-state index is 5.80. The van der Waals surface area contributed by atoms with Crippen molar-refractivity contribution >= 4 is 21.9 Å². The van der Waals surface area contributed by atoms with E-state index in [1.54, 1.807) is 25.7 Å². The quantitative estimate of drug-likeness (QED) is 0.820. The summed E-state index contributed by atoms with van der Waals surface area (Å²) in [5, 5.41) is 0. The number of halogens is 1. The molecule has 1 fully saturated rings. The zero-order valence-electron chi connectivity index (χ0n) is 12.4. The number of aryl methyl sites for hydroxylation is 1. The highest BCUT2D eigenvalue weighted by atomic mass is 79.9. The van der Waals surface area contributed by atoms with Crippen LogP contribution in [0.3, 0.4) is 0 Å². The molecule has 0 saturated carbocycles. The lowest BCUT2D eigenvalue weighted by atomic mass is 10.3. The van der Waals surface area contributed by atoms with Gasteiger partial charge in [-0.3, -0.25) is 0 Å². The van der Waals surface area contributed by atoms with Crippen LogP contribution < -0.4 is 14.4 Å². The molecule has 0 amide bonds. The fourth-order valence-corrected chi connectivity index (χ4v) is 2.59. The molecule has 1 unspecified atom stereocenters. The van der Waals surface area contributed by atoms with Crippen LogP contribution in [0.5, 0.6) is 11.9 Å². The van der Waals surface area contributed by atoms with Crippen LogP contribution >= 0.6 is 15.9 Å². The number of rotatable bonds is 4. The number of hydrogen-bond acceptors (Lipinski definition) is 7. The Bertz CT molecular complexity index is 652. The van der Waals surface area contributed by atoms with Crippen molar-refractivity contribution in [2.75, 3.05) is 25.1 Å². The van der Waals surface area contributed by atoms with Gasteiger partial charge in [-0.1, -0.05) is 0 Å². The van der Waals surface area contributed by atoms with E-state index in [4.69, 9.17) is 9.47 Å². The second-order valence-electron chi connectivity index (χ2n) is 5.04. The Morgan fingerprint density at radius 1 is 1.23 bits per heavy atom. The summed E-state index contributed by atoms with van der Waals surface area (Å²) in [6, 6.07) is 0.409. The number of methoxy groups -OCH3 is 1. The SMILES string of the molecule is COc1nc(N2CCC(Oc3ncc(C)cn3)C2)ncc1Br. The molecule has 1 aliphatic rings. The van der Waals surface area contributed by atoms with Gasteiger partial charge in [0.05, 0.1) is 24.3 Å². The van der Waals surface area contributed by atoms with E-state index < -0.39 is 0 Å². The minimum atomic E-state index is 0.0287. The monoisotopic (exact) mass is 365 g/mol. The summed E-state index contributed by atoms with van der Waals surface area (Å²) in [4.78, 5) is 19.1. The smallest absolute Gasteiger partial charge is 0.316 e. The van der Waals surface area contributed by atoms with Gasteiger partial charge < -0.3 is 14.4 Å². The van der Waals surface area contributed by atoms with Crippen molar-refractivity contribution in [1.82, 2.24) is 19.9 Å². The van der Waals surface area contributed by atoms with E-state index in [-0.39, 0.29) is 6.10 Å². The number of nitrogens with zero attached hydrogens (tertiary/aromatic N) is 5. The maximum Gasteiger partial charge on any atom is 0.316 e. The Balaban J connectivity index is 1.65. The Labute approximate surface area is 136 Å². The van der Waals surface area contributed by atoms with Crippen molar-refractivity contribution in [3.63, 3.8) is 0 Å². The molecule has 3 heterocycles. The molecular weight excluding hydrogens is 350 g/mol. The number of hydrogen-bond donors (Lipinski definition) is 0. The minimum absolute atomic E-state index is 0.0287. The number of ether oxygens (including phenoxy) is 2. The van der Waals surface area contributed by atoms with Gasteiger partial charge in [0.1, 0.15) is 6.10 Å². The Morgan fingerprint density at radius 2 is 2.00 bits per heavy atom. The normalized spacial score (nSPS) is 17.6. The molecule has 3 rings (SSSR count). The van der Waals surface area contributed by atoms with E-state index in [0.717, 1.165) is 23.0 Å². The molecule has 0 aliphatic carbocycles. The van der Waals surface area contributed by atoms with E-state index in [0.29, 0.717) is 24.4 Å². The lowest BCUT2D eigenvalue weighted by Crippen LogP contribution is -2.26. The highest BCUT2D eigenvalue weighted by Crippen LogP contribution is 2.25. The van der Waals surface area contributed by atoms with E-state index in [2.05, 4.69) is 40.8 Å². The number of aromatic nitrogens is 4. The van der Waals surface area contributed by atoms with Crippen molar-refractivity contribution in [3.8, 4) is 11.9 Å². The van der Waals surface area contributed by atoms with Crippen molar-refractivity contribution < 1.29 is 9.47 Å². The van der Waals surface area contributed by atoms with Gasteiger partial charge in [0.25, 0.3) is 0 Å². The van der Waals surface area contributed by atoms with Gasteiger partial charge in [-0.05, 0) is 28.4 Å². The summed E-state index contributed by atoms with van der Waals surface area (Å²) < 4.78 is 11.7. The van der Waals surface area contributed by atoms with Gasteiger partial charge in [-0.15, -0.1) is 0 Å². The van der Waals surface area contributed by atoms with Gasteiger partial charge in [0, 0.05) is 25.4 Å². The molecule has 1 aliphatic heterocycles. The molecule has 22 heavy (non-hydrogen) atoms. The van der Waals surface area contributed by atoms with Crippen LogP contribution in [0.25, 0.3) is 0 Å². The fourth-order valence-electron chi connectivity index (χ4n) is 2.23. The highest BCUT2D eigenvalue weighted by molar-refractivity contribution is 9.10. The molecule has 0 bridgehead atoms. The summed E-state index contributed by atoms with van der Waals surface area (Å²) in [5.41, 5.74) is 1.01. The van der Waals surface area contributed by atoms with E-state index in [1.165, 1.54) is 0 Å². The summed E-state index contributed by atoms with van der Waals surface area (Å²) >= 11 is 3.35. The zero-order chi connectivity index (χ0) is 15.5. The van der Waals surface area contributed by atoms with Crippen molar-refractivity contribution in [2.45, 2.75) is 19.4 Å². The van der Waals surface area contributed by atoms with Crippen molar-refractivity contribution in [1.29, 1.82) is 0 Å². The van der Waals surface area contributed by atoms with Gasteiger partial charge >= 0.3 is 6.01 Å². The predicted molar refractivity (Wildman–Crippen MR) is 84.3 cm³/mol. The first-order valence-corrected chi connectivity index (χ1v) is 7.72. The highest BCUT2D eigenvalue weighted by Gasteiger charge is 2.27. The Hall–Kier alpha value is -1.96. The van der Waals surface area contributed by atoms with Gasteiger partial charge in [-0.2, -0.15) is 4.98 Å². The van der Waals surface area contributed by atoms with Crippen LogP contribution in [0.15, 0.2) is 23.1 Å². The molecule has 1 atom stereocenters. The van der Waals surface area contributed by atoms with Gasteiger partial charge in [0.2, 0.25) is 11.8 Å². The molecule has 1 saturated heterocycles. The minimum Gasteiger partial charge on any atom is -0.480 e. The standard InChI is InChI=1S/C14H16BrN5O2/c1-9-5-17-14(18-6-9)22-10-3-4-20(8-10)13-16-7-11(15)12(19-13)21-2/h5-7,10H,3-4,8H2,1-2H3. The largest absolute Gasteiger partial charge is 0.480 e. The zero-order valence-corrected chi connectivity index (χ0v) is 13.9. The third-order valence-electron chi connectivity index (χ3n) is 3.35. The average molecular weight is 366 g/mol. The second kappa shape index (κ2) is 6.43. The van der Waals surface area contributed by atoms with E-state index in [9.17, 15) is 0 Å². The van der Waals surface area contributed by atoms with Crippen LogP contribution in [-0.2, 0) is 0 Å². The summed E-state index contributed by atoms with van der Waals surface area (Å²) in [7, 11) is 1.58. The molecule has 2 aromatic rings. The molecule has 116 valence electrons. The molecule has 0 spiro atoms. The van der Waals surface area contributed by atoms with Crippen LogP contribution in [0.1, 0.15) is 12.0 Å². The fraction of sp³-hybridized carbons (Fsp3) is 0.429. The van der Waals surface area contributed by atoms with E-state index in [1.807, 2.05) is 6.92 Å². The van der Waals surface area contributed by atoms with Crippen LogP contribution in [0.2, 0.25) is 0 Å². The molecule has 8 heteroatoms. The average Bonchev–Trinajstić information content (AvgIpc) is 2.98. The number of anilines is 1. The third-order valence-corrected chi connectivity index (χ3v) is 3.89. The van der Waals surface area contributed by atoms with Crippen molar-refractivity contribution in [2.24, 2.45) is 0 Å². The first-order chi connectivity index (χ1) is 10.7. The molecule has 2 aromatic heterocycles. The Morgan fingerprint density at radius 3 is 2.73 bits per heavy atom. The summed E-state index contributed by atoms with van der Waals surface area (Å²) in [6.07, 6.45) is 6.09. The molecular formula is C14H16BrN5O2. The van der Waals surface area contributed by atoms with Crippen LogP contribution in [0, 0.1) is 6.92 Å². The molecule has 0 aromatic carbocycles. The summed E-state index contributed by atoms with van der Waals surface area (Å²) in [5.74, 6) is 1.16. The van der Waals surface area contributed by atoms with E-state index >= 15 is 0 Å². The maximum absolute atomic E-state index is 5.80. The van der Waals surface area contributed by atoms with Crippen LogP contribution in [0.4, 0.5) is 5.95 Å². The lowest BCUT2D eigenvalue weighted by molar-refractivity contribution is 0.206. The summed E-state index contributed by atoms with van der Waals surface area (Å²) in [6.45, 7) is 3.46. The first kappa shape index (κ1) is 15.0. The Kier molecular flexibility index (Phi) is 4.37. The van der Waals surface area contributed by atoms with Crippen LogP contribution in [-0.4, -0.2) is 46.2 Å².